The third kappa shape index (κ3) is 3.91. The monoisotopic (exact) mass is 419 g/mol. The van der Waals surface area contributed by atoms with E-state index in [1.165, 1.54) is 24.5 Å². The number of amides is 1. The summed E-state index contributed by atoms with van der Waals surface area (Å²) in [5.74, 6) is -1.58. The second-order valence-corrected chi connectivity index (χ2v) is 8.19. The summed E-state index contributed by atoms with van der Waals surface area (Å²) >= 11 is 0. The van der Waals surface area contributed by atoms with Crippen LogP contribution in [0.15, 0.2) is 23.1 Å². The van der Waals surface area contributed by atoms with Crippen molar-refractivity contribution < 1.29 is 22.7 Å². The Labute approximate surface area is 166 Å². The molecule has 0 spiro atoms. The van der Waals surface area contributed by atoms with Gasteiger partial charge < -0.3 is 15.0 Å². The predicted molar refractivity (Wildman–Crippen MR) is 102 cm³/mol. The van der Waals surface area contributed by atoms with Crippen molar-refractivity contribution in [1.82, 2.24) is 14.3 Å². The molecule has 1 atom stereocenters. The molecule has 1 aliphatic heterocycles. The van der Waals surface area contributed by atoms with Crippen LogP contribution in [0, 0.1) is 24.2 Å². The zero-order chi connectivity index (χ0) is 21.3. The molecule has 1 aliphatic rings. The summed E-state index contributed by atoms with van der Waals surface area (Å²) in [4.78, 5) is 16.2. The molecule has 3 rings (SSSR count). The number of nitrogens with zero attached hydrogens (tertiary/aromatic N) is 3. The Morgan fingerprint density at radius 3 is 2.86 bits per heavy atom. The van der Waals surface area contributed by atoms with Gasteiger partial charge in [-0.1, -0.05) is 6.08 Å². The summed E-state index contributed by atoms with van der Waals surface area (Å²) in [6.45, 7) is 2.92. The maximum absolute atomic E-state index is 13.5. The van der Waals surface area contributed by atoms with Crippen LogP contribution in [0.25, 0.3) is 6.08 Å². The van der Waals surface area contributed by atoms with Crippen LogP contribution in [0.2, 0.25) is 0 Å². The quantitative estimate of drug-likeness (QED) is 0.601. The van der Waals surface area contributed by atoms with Crippen molar-refractivity contribution in [3.63, 3.8) is 0 Å². The van der Waals surface area contributed by atoms with Gasteiger partial charge in [-0.15, -0.1) is 0 Å². The molecule has 9 nitrogen and oxygen atoms in total. The van der Waals surface area contributed by atoms with Crippen LogP contribution < -0.4 is 10.0 Å². The van der Waals surface area contributed by atoms with Crippen molar-refractivity contribution >= 4 is 27.7 Å². The molecule has 1 amide bonds. The summed E-state index contributed by atoms with van der Waals surface area (Å²) in [6, 6.07) is 3.16. The number of pyridine rings is 1. The predicted octanol–water partition coefficient (Wildman–Crippen LogP) is 1.14. The molecule has 29 heavy (non-hydrogen) atoms. The Hall–Kier alpha value is -3.07. The average Bonchev–Trinajstić information content (AvgIpc) is 3.19. The van der Waals surface area contributed by atoms with Gasteiger partial charge >= 0.3 is 0 Å². The molecule has 0 saturated heterocycles. The number of aliphatic hydroxyl groups is 1. The minimum Gasteiger partial charge on any atom is -0.395 e. The van der Waals surface area contributed by atoms with Crippen molar-refractivity contribution in [2.75, 3.05) is 11.9 Å². The van der Waals surface area contributed by atoms with Gasteiger partial charge in [-0.3, -0.25) is 4.79 Å². The van der Waals surface area contributed by atoms with E-state index in [2.05, 4.69) is 15.0 Å². The first kappa shape index (κ1) is 20.7. The average molecular weight is 419 g/mol. The van der Waals surface area contributed by atoms with E-state index in [9.17, 15) is 17.6 Å². The number of allylic oxidation sites excluding steroid dienone is 1. The number of nitriles is 1. The van der Waals surface area contributed by atoms with Crippen LogP contribution in [-0.2, 0) is 16.6 Å². The molecule has 0 saturated carbocycles. The van der Waals surface area contributed by atoms with E-state index in [1.54, 1.807) is 18.2 Å². The molecule has 0 bridgehead atoms. The van der Waals surface area contributed by atoms with Crippen molar-refractivity contribution in [1.29, 1.82) is 5.26 Å². The first-order valence-electron chi connectivity index (χ1n) is 8.59. The SMILES string of the molecule is Cc1c(S(=O)(=O)NC(C)CO)c2n(c1C(=O)Nc1cc(F)nc(C#N)c1)CC=C2. The van der Waals surface area contributed by atoms with Crippen LogP contribution in [0.4, 0.5) is 10.1 Å². The lowest BCUT2D eigenvalue weighted by Crippen LogP contribution is -2.35. The fraction of sp³-hybridized carbons (Fsp3) is 0.278. The molecule has 3 N–H and O–H groups in total. The molecule has 11 heteroatoms. The highest BCUT2D eigenvalue weighted by molar-refractivity contribution is 7.89. The molecule has 0 aromatic carbocycles. The van der Waals surface area contributed by atoms with Gasteiger partial charge in [-0.05, 0) is 26.0 Å². The van der Waals surface area contributed by atoms with Crippen LogP contribution in [-0.4, -0.2) is 41.6 Å². The molecule has 2 aromatic rings. The summed E-state index contributed by atoms with van der Waals surface area (Å²) in [5.41, 5.74) is 0.470. The smallest absolute Gasteiger partial charge is 0.272 e. The number of aliphatic hydroxyl groups excluding tert-OH is 1. The third-order valence-corrected chi connectivity index (χ3v) is 6.10. The number of carbonyl (C=O) groups is 1. The number of carbonyl (C=O) groups excluding carboxylic acids is 1. The minimum absolute atomic E-state index is 0.0244. The number of halogens is 1. The molecule has 3 heterocycles. The van der Waals surface area contributed by atoms with Crippen LogP contribution in [0.5, 0.6) is 0 Å². The number of aromatic nitrogens is 2. The Morgan fingerprint density at radius 1 is 1.48 bits per heavy atom. The highest BCUT2D eigenvalue weighted by Gasteiger charge is 2.32. The van der Waals surface area contributed by atoms with E-state index in [0.717, 1.165) is 6.07 Å². The summed E-state index contributed by atoms with van der Waals surface area (Å²) < 4.78 is 43.1. The molecular formula is C18H18FN5O4S. The van der Waals surface area contributed by atoms with Gasteiger partial charge in [-0.2, -0.15) is 9.65 Å². The van der Waals surface area contributed by atoms with E-state index >= 15 is 0 Å². The van der Waals surface area contributed by atoms with E-state index < -0.39 is 27.9 Å². The Morgan fingerprint density at radius 2 is 2.21 bits per heavy atom. The van der Waals surface area contributed by atoms with Gasteiger partial charge in [0.25, 0.3) is 5.91 Å². The summed E-state index contributed by atoms with van der Waals surface area (Å²) in [7, 11) is -4.01. The molecule has 1 unspecified atom stereocenters. The molecule has 0 fully saturated rings. The topological polar surface area (TPSA) is 137 Å². The van der Waals surface area contributed by atoms with E-state index in [1.807, 2.05) is 0 Å². The van der Waals surface area contributed by atoms with Crippen LogP contribution >= 0.6 is 0 Å². The van der Waals surface area contributed by atoms with Crippen LogP contribution in [0.1, 0.15) is 34.4 Å². The van der Waals surface area contributed by atoms with Crippen molar-refractivity contribution in [2.45, 2.75) is 31.3 Å². The zero-order valence-electron chi connectivity index (χ0n) is 15.6. The third-order valence-electron chi connectivity index (χ3n) is 4.33. The fourth-order valence-electron chi connectivity index (χ4n) is 3.18. The zero-order valence-corrected chi connectivity index (χ0v) is 16.4. The molecule has 0 aliphatic carbocycles. The Kier molecular flexibility index (Phi) is 5.52. The number of rotatable bonds is 6. The van der Waals surface area contributed by atoms with E-state index in [4.69, 9.17) is 10.4 Å². The summed E-state index contributed by atoms with van der Waals surface area (Å²) in [6.07, 6.45) is 3.31. The highest BCUT2D eigenvalue weighted by atomic mass is 32.2. The first-order valence-corrected chi connectivity index (χ1v) is 10.1. The van der Waals surface area contributed by atoms with Gasteiger partial charge in [0.05, 0.1) is 12.3 Å². The minimum atomic E-state index is -4.01. The van der Waals surface area contributed by atoms with Crippen molar-refractivity contribution in [3.05, 3.63) is 46.8 Å². The lowest BCUT2D eigenvalue weighted by Gasteiger charge is -2.12. The lowest BCUT2D eigenvalue weighted by atomic mass is 10.2. The number of sulfonamides is 1. The largest absolute Gasteiger partial charge is 0.395 e. The number of hydrogen-bond donors (Lipinski definition) is 3. The van der Waals surface area contributed by atoms with Gasteiger partial charge in [0.2, 0.25) is 16.0 Å². The Bertz CT molecular complexity index is 1160. The van der Waals surface area contributed by atoms with Crippen LogP contribution in [0.3, 0.4) is 0 Å². The first-order chi connectivity index (χ1) is 13.7. The number of hydrogen-bond acceptors (Lipinski definition) is 6. The van der Waals surface area contributed by atoms with Crippen molar-refractivity contribution in [3.8, 4) is 6.07 Å². The standard InChI is InChI=1S/C18H18FN5O4S/c1-10(9-25)23-29(27,28)17-11(2)16(24-5-3-4-14(17)24)18(26)22-12-6-13(8-20)21-15(19)7-12/h3-4,6-7,10,23,25H,5,9H2,1-2H3,(H,21,22,26). The van der Waals surface area contributed by atoms with Gasteiger partial charge in [-0.25, -0.2) is 18.1 Å². The number of fused-ring (bicyclic) bond motifs is 1. The summed E-state index contributed by atoms with van der Waals surface area (Å²) in [5, 5.41) is 20.5. The second-order valence-electron chi connectivity index (χ2n) is 6.54. The lowest BCUT2D eigenvalue weighted by molar-refractivity contribution is 0.101. The highest BCUT2D eigenvalue weighted by Crippen LogP contribution is 2.32. The van der Waals surface area contributed by atoms with Gasteiger partial charge in [0.1, 0.15) is 22.4 Å². The maximum atomic E-state index is 13.5. The number of anilines is 1. The van der Waals surface area contributed by atoms with E-state index in [-0.39, 0.29) is 40.7 Å². The molecular weight excluding hydrogens is 401 g/mol. The maximum Gasteiger partial charge on any atom is 0.272 e. The normalized spacial score (nSPS) is 13.8. The van der Waals surface area contributed by atoms with Crippen molar-refractivity contribution in [2.24, 2.45) is 0 Å². The van der Waals surface area contributed by atoms with E-state index in [0.29, 0.717) is 5.69 Å². The fourth-order valence-corrected chi connectivity index (χ4v) is 4.86. The second kappa shape index (κ2) is 7.75. The Balaban J connectivity index is 2.03. The number of nitrogens with one attached hydrogen (secondary N) is 2. The van der Waals surface area contributed by atoms with Gasteiger partial charge in [0, 0.05) is 29.9 Å². The molecule has 2 aromatic heterocycles. The molecule has 152 valence electrons. The van der Waals surface area contributed by atoms with Gasteiger partial charge in [0.15, 0.2) is 0 Å². The molecule has 0 radical (unpaired) electrons.